The Kier molecular flexibility index (Phi) is 5.52. The molecule has 0 fully saturated rings. The first kappa shape index (κ1) is 15.0. The molecule has 0 aromatic heterocycles. The normalized spacial score (nSPS) is 14.3. The van der Waals surface area contributed by atoms with E-state index in [1.807, 2.05) is 12.1 Å². The number of methoxy groups -OCH3 is 1. The van der Waals surface area contributed by atoms with Crippen LogP contribution in [-0.4, -0.2) is 42.8 Å². The van der Waals surface area contributed by atoms with Crippen LogP contribution in [0.25, 0.3) is 0 Å². The molecule has 2 rings (SSSR count). The highest BCUT2D eigenvalue weighted by molar-refractivity contribution is 5.90. The summed E-state index contributed by atoms with van der Waals surface area (Å²) in [5.74, 6) is -0.0479. The first-order chi connectivity index (χ1) is 9.72. The first-order valence-corrected chi connectivity index (χ1v) is 6.96. The molecule has 20 heavy (non-hydrogen) atoms. The predicted octanol–water partition coefficient (Wildman–Crippen LogP) is 1.36. The minimum absolute atomic E-state index is 0.0477. The van der Waals surface area contributed by atoms with Gasteiger partial charge in [0.1, 0.15) is 0 Å². The van der Waals surface area contributed by atoms with Gasteiger partial charge in [-0.05, 0) is 29.7 Å². The molecule has 1 aromatic carbocycles. The summed E-state index contributed by atoms with van der Waals surface area (Å²) in [6, 6.07) is 6.05. The van der Waals surface area contributed by atoms with E-state index >= 15 is 0 Å². The zero-order valence-electron chi connectivity index (χ0n) is 11.9. The Bertz CT molecular complexity index is 462. The van der Waals surface area contributed by atoms with Crippen molar-refractivity contribution < 1.29 is 14.6 Å². The Balaban J connectivity index is 1.91. The molecule has 0 spiro atoms. The van der Waals surface area contributed by atoms with E-state index in [0.29, 0.717) is 12.8 Å². The largest absolute Gasteiger partial charge is 0.396 e. The third-order valence-corrected chi connectivity index (χ3v) is 3.45. The molecular formula is C15H22N2O3. The standard InChI is InChI=1S/C15H22N2O3/c1-20-8-6-17-10-12-4-5-14(9-13(12)11-17)16-15(19)3-2-7-18/h4-5,9,18H,2-3,6-8,10-11H2,1H3,(H,16,19). The SMILES string of the molecule is COCCN1Cc2ccc(NC(=O)CCCO)cc2C1. The van der Waals surface area contributed by atoms with Crippen LogP contribution in [0.2, 0.25) is 0 Å². The van der Waals surface area contributed by atoms with Gasteiger partial charge < -0.3 is 15.2 Å². The van der Waals surface area contributed by atoms with Crippen molar-refractivity contribution in [2.45, 2.75) is 25.9 Å². The van der Waals surface area contributed by atoms with E-state index in [-0.39, 0.29) is 12.5 Å². The van der Waals surface area contributed by atoms with Gasteiger partial charge in [-0.15, -0.1) is 0 Å². The molecule has 0 bridgehead atoms. The Morgan fingerprint density at radius 3 is 2.95 bits per heavy atom. The van der Waals surface area contributed by atoms with Crippen LogP contribution in [0.15, 0.2) is 18.2 Å². The molecule has 5 heteroatoms. The Morgan fingerprint density at radius 1 is 1.40 bits per heavy atom. The van der Waals surface area contributed by atoms with Crippen molar-refractivity contribution in [3.8, 4) is 0 Å². The van der Waals surface area contributed by atoms with Gasteiger partial charge in [0, 0.05) is 45.5 Å². The van der Waals surface area contributed by atoms with Gasteiger partial charge in [-0.2, -0.15) is 0 Å². The van der Waals surface area contributed by atoms with Gasteiger partial charge in [-0.25, -0.2) is 0 Å². The van der Waals surface area contributed by atoms with E-state index < -0.39 is 0 Å². The fourth-order valence-electron chi connectivity index (χ4n) is 2.38. The number of rotatable bonds is 7. The molecule has 0 radical (unpaired) electrons. The molecule has 1 aliphatic heterocycles. The maximum Gasteiger partial charge on any atom is 0.224 e. The van der Waals surface area contributed by atoms with Crippen LogP contribution >= 0.6 is 0 Å². The fourth-order valence-corrected chi connectivity index (χ4v) is 2.38. The molecule has 1 aliphatic rings. The van der Waals surface area contributed by atoms with E-state index in [1.165, 1.54) is 11.1 Å². The second kappa shape index (κ2) is 7.38. The van der Waals surface area contributed by atoms with E-state index in [9.17, 15) is 4.79 Å². The lowest BCUT2D eigenvalue weighted by Gasteiger charge is -2.13. The number of nitrogens with zero attached hydrogens (tertiary/aromatic N) is 1. The number of benzene rings is 1. The summed E-state index contributed by atoms with van der Waals surface area (Å²) in [5, 5.41) is 11.6. The minimum atomic E-state index is -0.0479. The zero-order chi connectivity index (χ0) is 14.4. The van der Waals surface area contributed by atoms with Crippen molar-refractivity contribution in [3.63, 3.8) is 0 Å². The van der Waals surface area contributed by atoms with E-state index in [2.05, 4.69) is 16.3 Å². The second-order valence-corrected chi connectivity index (χ2v) is 5.06. The van der Waals surface area contributed by atoms with Gasteiger partial charge >= 0.3 is 0 Å². The number of anilines is 1. The van der Waals surface area contributed by atoms with Crippen molar-refractivity contribution in [3.05, 3.63) is 29.3 Å². The summed E-state index contributed by atoms with van der Waals surface area (Å²) in [4.78, 5) is 14.0. The molecule has 0 atom stereocenters. The quantitative estimate of drug-likeness (QED) is 0.790. The molecule has 1 amide bonds. The number of hydrogen-bond donors (Lipinski definition) is 2. The summed E-state index contributed by atoms with van der Waals surface area (Å²) >= 11 is 0. The lowest BCUT2D eigenvalue weighted by molar-refractivity contribution is -0.116. The maximum absolute atomic E-state index is 11.6. The molecule has 1 aromatic rings. The summed E-state index contributed by atoms with van der Waals surface area (Å²) in [6.45, 7) is 3.55. The van der Waals surface area contributed by atoms with Crippen LogP contribution in [0.3, 0.4) is 0 Å². The van der Waals surface area contributed by atoms with E-state index in [0.717, 1.165) is 31.9 Å². The molecular weight excluding hydrogens is 256 g/mol. The number of carbonyl (C=O) groups excluding carboxylic acids is 1. The molecule has 0 saturated heterocycles. The van der Waals surface area contributed by atoms with Crippen molar-refractivity contribution in [1.82, 2.24) is 4.90 Å². The highest BCUT2D eigenvalue weighted by Crippen LogP contribution is 2.25. The molecule has 0 saturated carbocycles. The third kappa shape index (κ3) is 4.03. The van der Waals surface area contributed by atoms with Crippen molar-refractivity contribution in [1.29, 1.82) is 0 Å². The summed E-state index contributed by atoms with van der Waals surface area (Å²) < 4.78 is 5.10. The highest BCUT2D eigenvalue weighted by atomic mass is 16.5. The van der Waals surface area contributed by atoms with Crippen molar-refractivity contribution in [2.24, 2.45) is 0 Å². The summed E-state index contributed by atoms with van der Waals surface area (Å²) in [5.41, 5.74) is 3.41. The number of amides is 1. The van der Waals surface area contributed by atoms with Crippen molar-refractivity contribution >= 4 is 11.6 Å². The fraction of sp³-hybridized carbons (Fsp3) is 0.533. The number of ether oxygens (including phenoxy) is 1. The second-order valence-electron chi connectivity index (χ2n) is 5.06. The number of fused-ring (bicyclic) bond motifs is 1. The van der Waals surface area contributed by atoms with E-state index in [1.54, 1.807) is 7.11 Å². The number of hydrogen-bond acceptors (Lipinski definition) is 4. The van der Waals surface area contributed by atoms with Gasteiger partial charge in [0.2, 0.25) is 5.91 Å². The Labute approximate surface area is 119 Å². The van der Waals surface area contributed by atoms with Crippen LogP contribution in [-0.2, 0) is 22.6 Å². The number of nitrogens with one attached hydrogen (secondary N) is 1. The predicted molar refractivity (Wildman–Crippen MR) is 77.4 cm³/mol. The molecule has 110 valence electrons. The summed E-state index contributed by atoms with van der Waals surface area (Å²) in [7, 11) is 1.71. The monoisotopic (exact) mass is 278 g/mol. The number of carbonyl (C=O) groups is 1. The smallest absolute Gasteiger partial charge is 0.224 e. The van der Waals surface area contributed by atoms with Gasteiger partial charge in [0.25, 0.3) is 0 Å². The van der Waals surface area contributed by atoms with Crippen LogP contribution < -0.4 is 5.32 Å². The minimum Gasteiger partial charge on any atom is -0.396 e. The topological polar surface area (TPSA) is 61.8 Å². The van der Waals surface area contributed by atoms with Crippen molar-refractivity contribution in [2.75, 3.05) is 32.2 Å². The molecule has 2 N–H and O–H groups in total. The molecule has 5 nitrogen and oxygen atoms in total. The zero-order valence-corrected chi connectivity index (χ0v) is 11.9. The molecule has 0 unspecified atom stereocenters. The van der Waals surface area contributed by atoms with Crippen LogP contribution in [0, 0.1) is 0 Å². The van der Waals surface area contributed by atoms with Gasteiger partial charge in [-0.3, -0.25) is 9.69 Å². The van der Waals surface area contributed by atoms with Gasteiger partial charge in [-0.1, -0.05) is 6.07 Å². The average Bonchev–Trinajstić information content (AvgIpc) is 2.85. The number of aliphatic hydroxyl groups excluding tert-OH is 1. The lowest BCUT2D eigenvalue weighted by atomic mass is 10.1. The van der Waals surface area contributed by atoms with Gasteiger partial charge in [0.15, 0.2) is 0 Å². The lowest BCUT2D eigenvalue weighted by Crippen LogP contribution is -2.21. The van der Waals surface area contributed by atoms with Crippen LogP contribution in [0.5, 0.6) is 0 Å². The highest BCUT2D eigenvalue weighted by Gasteiger charge is 2.18. The van der Waals surface area contributed by atoms with E-state index in [4.69, 9.17) is 9.84 Å². The first-order valence-electron chi connectivity index (χ1n) is 6.96. The summed E-state index contributed by atoms with van der Waals surface area (Å²) in [6.07, 6.45) is 0.856. The molecule has 0 aliphatic carbocycles. The van der Waals surface area contributed by atoms with Crippen LogP contribution in [0.4, 0.5) is 5.69 Å². The molecule has 1 heterocycles. The van der Waals surface area contributed by atoms with Crippen LogP contribution in [0.1, 0.15) is 24.0 Å². The Morgan fingerprint density at radius 2 is 2.20 bits per heavy atom. The third-order valence-electron chi connectivity index (χ3n) is 3.45. The van der Waals surface area contributed by atoms with Gasteiger partial charge in [0.05, 0.1) is 6.61 Å². The number of aliphatic hydroxyl groups is 1. The maximum atomic E-state index is 11.6. The average molecular weight is 278 g/mol. The Hall–Kier alpha value is -1.43.